The molecule has 0 N–H and O–H groups in total. The minimum absolute atomic E-state index is 0.324. The van der Waals surface area contributed by atoms with Gasteiger partial charge in [-0.15, -0.1) is 0 Å². The fraction of sp³-hybridized carbons (Fsp3) is 0.278. The van der Waals surface area contributed by atoms with Gasteiger partial charge in [-0.05, 0) is 107 Å². The van der Waals surface area contributed by atoms with E-state index in [0.717, 1.165) is 23.0 Å². The quantitative estimate of drug-likeness (QED) is 0.249. The van der Waals surface area contributed by atoms with Crippen LogP contribution in [-0.4, -0.2) is 0 Å². The second-order valence-corrected chi connectivity index (χ2v) is 12.2. The molecule has 4 bridgehead atoms. The Labute approximate surface area is 218 Å². The summed E-state index contributed by atoms with van der Waals surface area (Å²) in [6.45, 7) is 3.95. The van der Waals surface area contributed by atoms with Crippen LogP contribution in [0.5, 0.6) is 0 Å². The zero-order valence-corrected chi connectivity index (χ0v) is 21.3. The van der Waals surface area contributed by atoms with E-state index in [1.165, 1.54) is 66.0 Å². The van der Waals surface area contributed by atoms with Gasteiger partial charge in [-0.25, -0.2) is 0 Å². The third kappa shape index (κ3) is 3.23. The van der Waals surface area contributed by atoms with Crippen LogP contribution in [0.3, 0.4) is 0 Å². The summed E-state index contributed by atoms with van der Waals surface area (Å²) in [6, 6.07) is 33.9. The smallest absolute Gasteiger partial charge is 0.135 e. The van der Waals surface area contributed by atoms with Crippen LogP contribution < -0.4 is 0 Å². The van der Waals surface area contributed by atoms with Gasteiger partial charge in [0.15, 0.2) is 0 Å². The van der Waals surface area contributed by atoms with Gasteiger partial charge in [-0.2, -0.15) is 0 Å². The zero-order chi connectivity index (χ0) is 24.6. The van der Waals surface area contributed by atoms with Gasteiger partial charge in [0.25, 0.3) is 0 Å². The summed E-state index contributed by atoms with van der Waals surface area (Å²) in [5, 5.41) is 2.39. The molecule has 5 aromatic rings. The molecule has 4 aromatic carbocycles. The van der Waals surface area contributed by atoms with Crippen molar-refractivity contribution >= 4 is 28.0 Å². The lowest BCUT2D eigenvalue weighted by molar-refractivity contribution is -0.0281. The molecule has 4 aliphatic rings. The summed E-state index contributed by atoms with van der Waals surface area (Å²) in [7, 11) is 0. The summed E-state index contributed by atoms with van der Waals surface area (Å²) in [6.07, 6.45) is 10.2. The molecule has 1 nitrogen and oxygen atoms in total. The van der Waals surface area contributed by atoms with E-state index < -0.39 is 0 Å². The van der Waals surface area contributed by atoms with Crippen LogP contribution >= 0.6 is 0 Å². The van der Waals surface area contributed by atoms with Crippen molar-refractivity contribution in [3.63, 3.8) is 0 Å². The Balaban J connectivity index is 1.15. The fourth-order valence-electron chi connectivity index (χ4n) is 8.83. The molecule has 1 heteroatoms. The van der Waals surface area contributed by atoms with Crippen molar-refractivity contribution in [3.8, 4) is 11.1 Å². The van der Waals surface area contributed by atoms with Crippen LogP contribution in [0.2, 0.25) is 0 Å². The minimum Gasteiger partial charge on any atom is -0.456 e. The molecule has 4 fully saturated rings. The first-order valence-corrected chi connectivity index (χ1v) is 13.9. The number of hydrogen-bond donors (Lipinski definition) is 0. The lowest BCUT2D eigenvalue weighted by Crippen LogP contribution is -2.55. The highest BCUT2D eigenvalue weighted by molar-refractivity contribution is 6.06. The predicted octanol–water partition coefficient (Wildman–Crippen LogP) is 9.69. The SMILES string of the molecule is C=Cc1ccc(C23CC4CC(C2)CC(c2ccc(-c5ccc6oc7ccccc7c6c5)cc2)(C4)C3)cc1. The summed E-state index contributed by atoms with van der Waals surface area (Å²) in [5.41, 5.74) is 9.48. The molecule has 0 spiro atoms. The van der Waals surface area contributed by atoms with E-state index in [-0.39, 0.29) is 0 Å². The van der Waals surface area contributed by atoms with Gasteiger partial charge in [-0.3, -0.25) is 0 Å². The highest BCUT2D eigenvalue weighted by Gasteiger charge is 2.58. The van der Waals surface area contributed by atoms with Crippen molar-refractivity contribution in [2.24, 2.45) is 11.8 Å². The Kier molecular flexibility index (Phi) is 4.48. The van der Waals surface area contributed by atoms with Gasteiger partial charge in [0.1, 0.15) is 11.2 Å². The van der Waals surface area contributed by atoms with Crippen LogP contribution in [0.25, 0.3) is 39.1 Å². The van der Waals surface area contributed by atoms with E-state index in [2.05, 4.69) is 91.5 Å². The Morgan fingerprint density at radius 1 is 0.649 bits per heavy atom. The molecule has 2 unspecified atom stereocenters. The van der Waals surface area contributed by atoms with Crippen LogP contribution in [0.4, 0.5) is 0 Å². The van der Waals surface area contributed by atoms with Crippen molar-refractivity contribution in [1.82, 2.24) is 0 Å². The molecule has 0 aliphatic heterocycles. The second-order valence-electron chi connectivity index (χ2n) is 12.2. The molecular weight excluding hydrogens is 448 g/mol. The second kappa shape index (κ2) is 7.71. The van der Waals surface area contributed by atoms with Gasteiger partial charge in [0, 0.05) is 10.8 Å². The lowest BCUT2D eigenvalue weighted by Gasteiger charge is -2.63. The standard InChI is InChI=1S/C36H32O/c1-2-24-7-12-29(13-8-24)35-19-25-17-26(20-35)22-36(21-25,23-35)30-14-9-27(10-15-30)28-11-16-34-32(18-28)31-5-3-4-6-33(31)37-34/h2-16,18,25-26H,1,17,19-23H2. The number of rotatable bonds is 4. The van der Waals surface area contributed by atoms with E-state index >= 15 is 0 Å². The van der Waals surface area contributed by atoms with Crippen LogP contribution in [0, 0.1) is 11.8 Å². The zero-order valence-electron chi connectivity index (χ0n) is 21.3. The first-order chi connectivity index (χ1) is 18.1. The van der Waals surface area contributed by atoms with E-state index in [9.17, 15) is 0 Å². The summed E-state index contributed by atoms with van der Waals surface area (Å²) >= 11 is 0. The van der Waals surface area contributed by atoms with Gasteiger partial charge in [0.2, 0.25) is 0 Å². The maximum Gasteiger partial charge on any atom is 0.135 e. The Morgan fingerprint density at radius 2 is 1.24 bits per heavy atom. The van der Waals surface area contributed by atoms with Gasteiger partial charge < -0.3 is 4.42 Å². The topological polar surface area (TPSA) is 13.1 Å². The molecule has 4 aliphatic carbocycles. The molecule has 0 amide bonds. The maximum atomic E-state index is 6.05. The van der Waals surface area contributed by atoms with Crippen LogP contribution in [0.15, 0.2) is 102 Å². The largest absolute Gasteiger partial charge is 0.456 e. The highest BCUT2D eigenvalue weighted by atomic mass is 16.3. The first kappa shape index (κ1) is 21.5. The molecule has 37 heavy (non-hydrogen) atoms. The van der Waals surface area contributed by atoms with Gasteiger partial charge in [0.05, 0.1) is 0 Å². The Hall–Kier alpha value is -3.58. The molecule has 1 aromatic heterocycles. The molecule has 4 saturated carbocycles. The molecule has 9 rings (SSSR count). The molecule has 182 valence electrons. The maximum absolute atomic E-state index is 6.05. The number of hydrogen-bond acceptors (Lipinski definition) is 1. The molecule has 1 heterocycles. The van der Waals surface area contributed by atoms with E-state index in [4.69, 9.17) is 4.42 Å². The minimum atomic E-state index is 0.324. The van der Waals surface area contributed by atoms with Crippen LogP contribution in [0.1, 0.15) is 55.2 Å². The summed E-state index contributed by atoms with van der Waals surface area (Å²) in [4.78, 5) is 0. The van der Waals surface area contributed by atoms with E-state index in [0.29, 0.717) is 10.8 Å². The number of fused-ring (bicyclic) bond motifs is 3. The summed E-state index contributed by atoms with van der Waals surface area (Å²) < 4.78 is 6.05. The average Bonchev–Trinajstić information content (AvgIpc) is 3.30. The van der Waals surface area contributed by atoms with Crippen molar-refractivity contribution in [3.05, 3.63) is 114 Å². The molecule has 2 atom stereocenters. The fourth-order valence-corrected chi connectivity index (χ4v) is 8.83. The van der Waals surface area contributed by atoms with Crippen molar-refractivity contribution in [2.45, 2.75) is 49.4 Å². The summed E-state index contributed by atoms with van der Waals surface area (Å²) in [5.74, 6) is 1.72. The number of para-hydroxylation sites is 1. The average molecular weight is 481 g/mol. The normalized spacial score (nSPS) is 28.2. The van der Waals surface area contributed by atoms with Crippen molar-refractivity contribution in [2.75, 3.05) is 0 Å². The lowest BCUT2D eigenvalue weighted by atomic mass is 9.41. The monoisotopic (exact) mass is 480 g/mol. The molecular formula is C36H32O. The third-order valence-electron chi connectivity index (χ3n) is 10.0. The van der Waals surface area contributed by atoms with E-state index in [1.54, 1.807) is 11.1 Å². The first-order valence-electron chi connectivity index (χ1n) is 13.9. The molecule has 0 radical (unpaired) electrons. The van der Waals surface area contributed by atoms with Crippen molar-refractivity contribution < 1.29 is 4.42 Å². The van der Waals surface area contributed by atoms with Crippen LogP contribution in [-0.2, 0) is 10.8 Å². The number of furan rings is 1. The Bertz CT molecular complexity index is 1640. The third-order valence-corrected chi connectivity index (χ3v) is 10.0. The van der Waals surface area contributed by atoms with Gasteiger partial charge in [-0.1, -0.05) is 85.5 Å². The molecule has 0 saturated heterocycles. The predicted molar refractivity (Wildman–Crippen MR) is 154 cm³/mol. The van der Waals surface area contributed by atoms with Crippen molar-refractivity contribution in [1.29, 1.82) is 0 Å². The van der Waals surface area contributed by atoms with E-state index in [1.807, 2.05) is 12.1 Å². The van der Waals surface area contributed by atoms with Gasteiger partial charge >= 0.3 is 0 Å². The Morgan fingerprint density at radius 3 is 1.92 bits per heavy atom. The highest BCUT2D eigenvalue weighted by Crippen LogP contribution is 2.66. The number of benzene rings is 4.